The molecule has 0 saturated heterocycles. The summed E-state index contributed by atoms with van der Waals surface area (Å²) in [6, 6.07) is 7.05. The zero-order valence-electron chi connectivity index (χ0n) is 13.6. The normalized spacial score (nSPS) is 16.9. The highest BCUT2D eigenvalue weighted by Gasteiger charge is 2.30. The van der Waals surface area contributed by atoms with Crippen LogP contribution in [0.5, 0.6) is 0 Å². The molecule has 1 aliphatic rings. The fourth-order valence-corrected chi connectivity index (χ4v) is 3.35. The number of carbonyl (C=O) groups excluding carboxylic acids is 1. The quantitative estimate of drug-likeness (QED) is 0.864. The predicted molar refractivity (Wildman–Crippen MR) is 94.7 cm³/mol. The van der Waals surface area contributed by atoms with E-state index in [2.05, 4.69) is 11.9 Å². The minimum Gasteiger partial charge on any atom is -0.334 e. The van der Waals surface area contributed by atoms with Gasteiger partial charge in [-0.15, -0.1) is 0 Å². The summed E-state index contributed by atoms with van der Waals surface area (Å²) in [4.78, 5) is 29.4. The van der Waals surface area contributed by atoms with Gasteiger partial charge in [0.2, 0.25) is 0 Å². The van der Waals surface area contributed by atoms with Gasteiger partial charge in [0.15, 0.2) is 5.82 Å². The van der Waals surface area contributed by atoms with Gasteiger partial charge in [0.25, 0.3) is 5.56 Å². The first kappa shape index (κ1) is 16.7. The van der Waals surface area contributed by atoms with Crippen LogP contribution in [0.3, 0.4) is 0 Å². The Kier molecular flexibility index (Phi) is 4.71. The molecule has 126 valence electrons. The van der Waals surface area contributed by atoms with Crippen molar-refractivity contribution in [3.63, 3.8) is 0 Å². The second-order valence-corrected chi connectivity index (χ2v) is 6.68. The summed E-state index contributed by atoms with van der Waals surface area (Å²) in [5.41, 5.74) is 1.58. The molecule has 1 heterocycles. The van der Waals surface area contributed by atoms with Crippen molar-refractivity contribution in [2.75, 3.05) is 5.84 Å². The summed E-state index contributed by atoms with van der Waals surface area (Å²) in [7, 11) is 0. The number of aromatic nitrogens is 2. The molecule has 2 aromatic rings. The second kappa shape index (κ2) is 6.77. The number of rotatable bonds is 4. The van der Waals surface area contributed by atoms with E-state index < -0.39 is 0 Å². The molecule has 24 heavy (non-hydrogen) atoms. The fraction of sp³-hybridized carbons (Fsp3) is 0.389. The molecule has 0 radical (unpaired) electrons. The number of benzene rings is 1. The van der Waals surface area contributed by atoms with Crippen LogP contribution < -0.4 is 11.4 Å². The van der Waals surface area contributed by atoms with E-state index in [1.54, 1.807) is 24.3 Å². The standard InChI is InChI=1S/C18H20ClN3O2/c1-2-3-4-12-9-14(23)10-15-16(12)21-17(22(20)18(15)24)11-5-7-13(19)8-6-11/h5-8,12H,2-4,9-10,20H2,1H3. The van der Waals surface area contributed by atoms with Crippen molar-refractivity contribution in [1.29, 1.82) is 0 Å². The number of hydrogen-bond donors (Lipinski definition) is 1. The number of unbranched alkanes of at least 4 members (excludes halogenated alkanes) is 1. The number of Topliss-reactive ketones (excluding diaryl/α,β-unsaturated/α-hetero) is 1. The van der Waals surface area contributed by atoms with Crippen molar-refractivity contribution in [1.82, 2.24) is 9.66 Å². The highest BCUT2D eigenvalue weighted by molar-refractivity contribution is 6.30. The van der Waals surface area contributed by atoms with Crippen LogP contribution in [-0.2, 0) is 11.2 Å². The van der Waals surface area contributed by atoms with Crippen molar-refractivity contribution in [3.8, 4) is 11.4 Å². The van der Waals surface area contributed by atoms with Gasteiger partial charge in [-0.25, -0.2) is 9.66 Å². The smallest absolute Gasteiger partial charge is 0.276 e. The summed E-state index contributed by atoms with van der Waals surface area (Å²) in [6.45, 7) is 2.11. The Hall–Kier alpha value is -2.14. The number of nitrogens with two attached hydrogens (primary N) is 1. The molecule has 1 aliphatic carbocycles. The Balaban J connectivity index is 2.13. The first-order valence-corrected chi connectivity index (χ1v) is 8.57. The van der Waals surface area contributed by atoms with Gasteiger partial charge in [0.05, 0.1) is 5.69 Å². The molecule has 0 amide bonds. The number of fused-ring (bicyclic) bond motifs is 1. The second-order valence-electron chi connectivity index (χ2n) is 6.24. The van der Waals surface area contributed by atoms with Crippen LogP contribution in [0.4, 0.5) is 0 Å². The lowest BCUT2D eigenvalue weighted by molar-refractivity contribution is -0.119. The summed E-state index contributed by atoms with van der Waals surface area (Å²) in [5.74, 6) is 6.46. The number of nitrogen functional groups attached to an aromatic ring is 1. The molecule has 0 saturated carbocycles. The average Bonchev–Trinajstić information content (AvgIpc) is 2.57. The number of ketones is 1. The van der Waals surface area contributed by atoms with Crippen LogP contribution in [0, 0.1) is 0 Å². The summed E-state index contributed by atoms with van der Waals surface area (Å²) in [5, 5.41) is 0.606. The van der Waals surface area contributed by atoms with Gasteiger partial charge in [-0.1, -0.05) is 31.4 Å². The van der Waals surface area contributed by atoms with E-state index in [1.165, 1.54) is 0 Å². The maximum Gasteiger partial charge on any atom is 0.276 e. The van der Waals surface area contributed by atoms with E-state index >= 15 is 0 Å². The molecular weight excluding hydrogens is 326 g/mol. The van der Waals surface area contributed by atoms with Crippen molar-refractivity contribution < 1.29 is 4.79 Å². The van der Waals surface area contributed by atoms with Gasteiger partial charge >= 0.3 is 0 Å². The maximum absolute atomic E-state index is 12.7. The number of halogens is 1. The molecular formula is C18H20ClN3O2. The average molecular weight is 346 g/mol. The fourth-order valence-electron chi connectivity index (χ4n) is 3.22. The Morgan fingerprint density at radius 1 is 1.29 bits per heavy atom. The molecule has 6 heteroatoms. The zero-order chi connectivity index (χ0) is 17.3. The molecule has 1 unspecified atom stereocenters. The van der Waals surface area contributed by atoms with E-state index in [0.29, 0.717) is 22.8 Å². The van der Waals surface area contributed by atoms with Crippen molar-refractivity contribution in [2.24, 2.45) is 0 Å². The summed E-state index contributed by atoms with van der Waals surface area (Å²) in [6.07, 6.45) is 3.48. The maximum atomic E-state index is 12.7. The molecule has 2 N–H and O–H groups in total. The van der Waals surface area contributed by atoms with Gasteiger partial charge < -0.3 is 5.84 Å². The first-order valence-electron chi connectivity index (χ1n) is 8.19. The highest BCUT2D eigenvalue weighted by atomic mass is 35.5. The zero-order valence-corrected chi connectivity index (χ0v) is 14.3. The largest absolute Gasteiger partial charge is 0.334 e. The molecule has 3 rings (SSSR count). The van der Waals surface area contributed by atoms with E-state index in [9.17, 15) is 9.59 Å². The Bertz CT molecular complexity index is 827. The van der Waals surface area contributed by atoms with E-state index in [0.717, 1.165) is 35.2 Å². The van der Waals surface area contributed by atoms with Gasteiger partial charge in [-0.3, -0.25) is 9.59 Å². The van der Waals surface area contributed by atoms with Crippen molar-refractivity contribution in [3.05, 3.63) is 50.9 Å². The Morgan fingerprint density at radius 3 is 2.67 bits per heavy atom. The van der Waals surface area contributed by atoms with Gasteiger partial charge in [0.1, 0.15) is 5.78 Å². The van der Waals surface area contributed by atoms with Crippen LogP contribution in [-0.4, -0.2) is 15.4 Å². The molecule has 0 aliphatic heterocycles. The lowest BCUT2D eigenvalue weighted by atomic mass is 9.83. The van der Waals surface area contributed by atoms with Crippen LogP contribution in [0.25, 0.3) is 11.4 Å². The van der Waals surface area contributed by atoms with Crippen molar-refractivity contribution >= 4 is 17.4 Å². The number of hydrogen-bond acceptors (Lipinski definition) is 4. The molecule has 1 aromatic heterocycles. The van der Waals surface area contributed by atoms with Gasteiger partial charge in [-0.2, -0.15) is 0 Å². The van der Waals surface area contributed by atoms with E-state index in [1.807, 2.05) is 0 Å². The molecule has 0 bridgehead atoms. The number of carbonyl (C=O) groups is 1. The summed E-state index contributed by atoms with van der Waals surface area (Å²) >= 11 is 5.92. The number of nitrogens with zero attached hydrogens (tertiary/aromatic N) is 2. The van der Waals surface area contributed by atoms with Crippen molar-refractivity contribution in [2.45, 2.75) is 44.9 Å². The monoisotopic (exact) mass is 345 g/mol. The van der Waals surface area contributed by atoms with Gasteiger partial charge in [0, 0.05) is 34.9 Å². The van der Waals surface area contributed by atoms with Crippen LogP contribution in [0.2, 0.25) is 5.02 Å². The first-order chi connectivity index (χ1) is 11.5. The van der Waals surface area contributed by atoms with E-state index in [4.69, 9.17) is 17.4 Å². The Morgan fingerprint density at radius 2 is 2.00 bits per heavy atom. The third-order valence-corrected chi connectivity index (χ3v) is 4.74. The minimum absolute atomic E-state index is 0.00107. The highest BCUT2D eigenvalue weighted by Crippen LogP contribution is 2.32. The molecule has 0 spiro atoms. The predicted octanol–water partition coefficient (Wildman–Crippen LogP) is 3.07. The lowest BCUT2D eigenvalue weighted by Gasteiger charge is -2.24. The lowest BCUT2D eigenvalue weighted by Crippen LogP contribution is -2.37. The van der Waals surface area contributed by atoms with E-state index in [-0.39, 0.29) is 23.7 Å². The van der Waals surface area contributed by atoms with Crippen LogP contribution >= 0.6 is 11.6 Å². The molecule has 1 atom stereocenters. The van der Waals surface area contributed by atoms with Crippen LogP contribution in [0.15, 0.2) is 29.1 Å². The van der Waals surface area contributed by atoms with Crippen LogP contribution in [0.1, 0.15) is 49.8 Å². The molecule has 0 fully saturated rings. The van der Waals surface area contributed by atoms with Gasteiger partial charge in [-0.05, 0) is 30.7 Å². The molecule has 5 nitrogen and oxygen atoms in total. The minimum atomic E-state index is -0.334. The topological polar surface area (TPSA) is 78.0 Å². The third kappa shape index (κ3) is 3.08. The molecule has 1 aromatic carbocycles. The SMILES string of the molecule is CCCCC1CC(=O)Cc2c1nc(-c1ccc(Cl)cc1)n(N)c2=O. The third-order valence-electron chi connectivity index (χ3n) is 4.48. The Labute approximate surface area is 145 Å². The summed E-state index contributed by atoms with van der Waals surface area (Å²) < 4.78 is 1.04.